The van der Waals surface area contributed by atoms with E-state index in [1.54, 1.807) is 0 Å². The van der Waals surface area contributed by atoms with Gasteiger partial charge in [0, 0.05) is 18.3 Å². The number of rotatable bonds is 4. The summed E-state index contributed by atoms with van der Waals surface area (Å²) in [6.45, 7) is 3.74. The molecule has 1 rings (SSSR count). The van der Waals surface area contributed by atoms with Gasteiger partial charge < -0.3 is 10.1 Å². The number of halogens is 3. The van der Waals surface area contributed by atoms with Crippen molar-refractivity contribution in [2.75, 3.05) is 11.9 Å². The number of anilines is 1. The SMILES string of the molecule is CC(C)(C)CNc1ccc(OC(F)F)c(F)c1. The third-order valence-electron chi connectivity index (χ3n) is 1.97. The Kier molecular flexibility index (Phi) is 4.26. The van der Waals surface area contributed by atoms with Gasteiger partial charge in [0.05, 0.1) is 0 Å². The summed E-state index contributed by atoms with van der Waals surface area (Å²) in [5.41, 5.74) is 0.591. The molecule has 1 aromatic carbocycles. The summed E-state index contributed by atoms with van der Waals surface area (Å²) in [6.07, 6.45) is 0. The van der Waals surface area contributed by atoms with Gasteiger partial charge >= 0.3 is 6.61 Å². The monoisotopic (exact) mass is 247 g/mol. The van der Waals surface area contributed by atoms with Crippen molar-refractivity contribution in [2.24, 2.45) is 5.41 Å². The maximum Gasteiger partial charge on any atom is 0.387 e. The van der Waals surface area contributed by atoms with E-state index in [0.29, 0.717) is 12.2 Å². The highest BCUT2D eigenvalue weighted by Crippen LogP contribution is 2.23. The van der Waals surface area contributed by atoms with Crippen LogP contribution in [-0.2, 0) is 0 Å². The van der Waals surface area contributed by atoms with Crippen LogP contribution in [0.25, 0.3) is 0 Å². The van der Waals surface area contributed by atoms with E-state index in [9.17, 15) is 13.2 Å². The van der Waals surface area contributed by atoms with Gasteiger partial charge in [-0.15, -0.1) is 0 Å². The minimum Gasteiger partial charge on any atom is -0.432 e. The highest BCUT2D eigenvalue weighted by molar-refractivity contribution is 5.47. The van der Waals surface area contributed by atoms with E-state index in [-0.39, 0.29) is 5.41 Å². The van der Waals surface area contributed by atoms with E-state index in [1.165, 1.54) is 12.1 Å². The second-order valence-corrected chi connectivity index (χ2v) is 4.94. The fraction of sp³-hybridized carbons (Fsp3) is 0.500. The van der Waals surface area contributed by atoms with Crippen LogP contribution in [0.4, 0.5) is 18.9 Å². The topological polar surface area (TPSA) is 21.3 Å². The van der Waals surface area contributed by atoms with E-state index in [2.05, 4.69) is 10.1 Å². The Balaban J connectivity index is 2.68. The first-order valence-corrected chi connectivity index (χ1v) is 5.26. The average molecular weight is 247 g/mol. The lowest BCUT2D eigenvalue weighted by molar-refractivity contribution is -0.0521. The van der Waals surface area contributed by atoms with Crippen LogP contribution in [0.5, 0.6) is 5.75 Å². The molecule has 0 heterocycles. The minimum atomic E-state index is -3.02. The first-order chi connectivity index (χ1) is 7.78. The molecule has 0 saturated heterocycles. The van der Waals surface area contributed by atoms with Crippen LogP contribution in [0.15, 0.2) is 18.2 Å². The molecule has 0 amide bonds. The highest BCUT2D eigenvalue weighted by atomic mass is 19.3. The molecule has 0 bridgehead atoms. The summed E-state index contributed by atoms with van der Waals surface area (Å²) in [5.74, 6) is -1.24. The molecule has 0 atom stereocenters. The van der Waals surface area contributed by atoms with Crippen molar-refractivity contribution in [2.45, 2.75) is 27.4 Å². The second-order valence-electron chi connectivity index (χ2n) is 4.94. The van der Waals surface area contributed by atoms with Crippen LogP contribution >= 0.6 is 0 Å². The first-order valence-electron chi connectivity index (χ1n) is 5.26. The van der Waals surface area contributed by atoms with Gasteiger partial charge in [0.1, 0.15) is 0 Å². The summed E-state index contributed by atoms with van der Waals surface area (Å²) in [7, 11) is 0. The van der Waals surface area contributed by atoms with Crippen LogP contribution in [0, 0.1) is 11.2 Å². The van der Waals surface area contributed by atoms with Crippen LogP contribution in [0.3, 0.4) is 0 Å². The molecule has 0 aromatic heterocycles. The molecule has 1 aromatic rings. The second kappa shape index (κ2) is 5.29. The van der Waals surface area contributed by atoms with Crippen molar-refractivity contribution in [1.82, 2.24) is 0 Å². The molecule has 0 spiro atoms. The van der Waals surface area contributed by atoms with Gasteiger partial charge in [-0.25, -0.2) is 4.39 Å². The van der Waals surface area contributed by atoms with E-state index in [4.69, 9.17) is 0 Å². The summed E-state index contributed by atoms with van der Waals surface area (Å²) >= 11 is 0. The third-order valence-corrected chi connectivity index (χ3v) is 1.97. The molecule has 0 saturated carbocycles. The molecule has 2 nitrogen and oxygen atoms in total. The molecular weight excluding hydrogens is 231 g/mol. The van der Waals surface area contributed by atoms with Gasteiger partial charge in [0.25, 0.3) is 0 Å². The largest absolute Gasteiger partial charge is 0.432 e. The Bertz CT molecular complexity index is 375. The summed E-state index contributed by atoms with van der Waals surface area (Å²) < 4.78 is 41.1. The van der Waals surface area contributed by atoms with E-state index in [0.717, 1.165) is 6.07 Å². The Labute approximate surface area is 98.8 Å². The predicted octanol–water partition coefficient (Wildman–Crippen LogP) is 3.89. The Hall–Kier alpha value is -1.39. The van der Waals surface area contributed by atoms with Gasteiger partial charge in [-0.3, -0.25) is 0 Å². The normalized spacial score (nSPS) is 11.7. The summed E-state index contributed by atoms with van der Waals surface area (Å²) in [6, 6.07) is 3.84. The molecule has 17 heavy (non-hydrogen) atoms. The lowest BCUT2D eigenvalue weighted by atomic mass is 9.97. The molecule has 0 aliphatic heterocycles. The number of hydrogen-bond acceptors (Lipinski definition) is 2. The quantitative estimate of drug-likeness (QED) is 0.871. The minimum absolute atomic E-state index is 0.0502. The highest BCUT2D eigenvalue weighted by Gasteiger charge is 2.12. The van der Waals surface area contributed by atoms with Crippen molar-refractivity contribution in [3.63, 3.8) is 0 Å². The molecular formula is C12H16F3NO. The maximum absolute atomic E-state index is 13.3. The smallest absolute Gasteiger partial charge is 0.387 e. The van der Waals surface area contributed by atoms with Crippen molar-refractivity contribution in [3.8, 4) is 5.75 Å². The van der Waals surface area contributed by atoms with Gasteiger partial charge in [0.2, 0.25) is 0 Å². The fourth-order valence-corrected chi connectivity index (χ4v) is 1.17. The number of benzene rings is 1. The zero-order valence-corrected chi connectivity index (χ0v) is 10.1. The van der Waals surface area contributed by atoms with Gasteiger partial charge in [-0.05, 0) is 17.5 Å². The Morgan fingerprint density at radius 3 is 2.41 bits per heavy atom. The predicted molar refractivity (Wildman–Crippen MR) is 61.0 cm³/mol. The number of hydrogen-bond donors (Lipinski definition) is 1. The van der Waals surface area contributed by atoms with Crippen molar-refractivity contribution in [3.05, 3.63) is 24.0 Å². The summed E-state index contributed by atoms with van der Waals surface area (Å²) in [5, 5.41) is 3.02. The molecule has 0 aliphatic rings. The standard InChI is InChI=1S/C12H16F3NO/c1-12(2,3)7-16-8-4-5-10(9(13)6-8)17-11(14)15/h4-6,11,16H,7H2,1-3H3. The molecule has 0 aliphatic carbocycles. The van der Waals surface area contributed by atoms with E-state index < -0.39 is 18.2 Å². The van der Waals surface area contributed by atoms with Crippen molar-refractivity contribution < 1.29 is 17.9 Å². The van der Waals surface area contributed by atoms with Crippen LogP contribution in [-0.4, -0.2) is 13.2 Å². The maximum atomic E-state index is 13.3. The zero-order chi connectivity index (χ0) is 13.1. The molecule has 5 heteroatoms. The van der Waals surface area contributed by atoms with Crippen LogP contribution in [0.1, 0.15) is 20.8 Å². The molecule has 96 valence electrons. The number of alkyl halides is 2. The number of nitrogens with one attached hydrogen (secondary N) is 1. The van der Waals surface area contributed by atoms with Crippen LogP contribution in [0.2, 0.25) is 0 Å². The Morgan fingerprint density at radius 1 is 1.29 bits per heavy atom. The fourth-order valence-electron chi connectivity index (χ4n) is 1.17. The van der Waals surface area contributed by atoms with Gasteiger partial charge in [-0.1, -0.05) is 20.8 Å². The van der Waals surface area contributed by atoms with Gasteiger partial charge in [0.15, 0.2) is 11.6 Å². The molecule has 0 unspecified atom stereocenters. The zero-order valence-electron chi connectivity index (χ0n) is 10.1. The Morgan fingerprint density at radius 2 is 1.94 bits per heavy atom. The number of ether oxygens (including phenoxy) is 1. The lowest BCUT2D eigenvalue weighted by Crippen LogP contribution is -2.19. The average Bonchev–Trinajstić information content (AvgIpc) is 2.17. The lowest BCUT2D eigenvalue weighted by Gasteiger charge is -2.19. The molecule has 1 N–H and O–H groups in total. The molecule has 0 radical (unpaired) electrons. The first kappa shape index (κ1) is 13.7. The van der Waals surface area contributed by atoms with E-state index in [1.807, 2.05) is 20.8 Å². The summed E-state index contributed by atoms with van der Waals surface area (Å²) in [4.78, 5) is 0. The van der Waals surface area contributed by atoms with Crippen LogP contribution < -0.4 is 10.1 Å². The van der Waals surface area contributed by atoms with Crippen molar-refractivity contribution >= 4 is 5.69 Å². The third kappa shape index (κ3) is 4.97. The van der Waals surface area contributed by atoms with E-state index >= 15 is 0 Å². The van der Waals surface area contributed by atoms with Gasteiger partial charge in [-0.2, -0.15) is 8.78 Å². The van der Waals surface area contributed by atoms with Crippen molar-refractivity contribution in [1.29, 1.82) is 0 Å². The molecule has 0 fully saturated rings.